The van der Waals surface area contributed by atoms with Gasteiger partial charge in [0.05, 0.1) is 18.4 Å². The largest absolute Gasteiger partial charge is 0.327 e. The van der Waals surface area contributed by atoms with Crippen molar-refractivity contribution >= 4 is 17.5 Å². The van der Waals surface area contributed by atoms with Gasteiger partial charge in [-0.1, -0.05) is 11.3 Å². The quantitative estimate of drug-likeness (QED) is 0.646. The van der Waals surface area contributed by atoms with Gasteiger partial charge in [-0.3, -0.25) is 9.59 Å². The number of carbonyl (C=O) groups excluding carboxylic acids is 2. The van der Waals surface area contributed by atoms with E-state index in [2.05, 4.69) is 10.3 Å². The predicted molar refractivity (Wildman–Crippen MR) is 95.5 cm³/mol. The van der Waals surface area contributed by atoms with Crippen LogP contribution < -0.4 is 4.90 Å². The lowest BCUT2D eigenvalue weighted by Crippen LogP contribution is -2.54. The summed E-state index contributed by atoms with van der Waals surface area (Å²) in [4.78, 5) is 27.6. The Morgan fingerprint density at radius 2 is 1.68 bits per heavy atom. The van der Waals surface area contributed by atoms with Crippen molar-refractivity contribution in [2.45, 2.75) is 6.54 Å². The molecule has 2 amide bonds. The Bertz CT molecular complexity index is 1030. The minimum atomic E-state index is -0.685. The summed E-state index contributed by atoms with van der Waals surface area (Å²) in [6, 6.07) is 11.3. The van der Waals surface area contributed by atoms with Crippen LogP contribution in [0.15, 0.2) is 54.7 Å². The van der Waals surface area contributed by atoms with Gasteiger partial charge in [0.1, 0.15) is 17.3 Å². The van der Waals surface area contributed by atoms with E-state index in [0.29, 0.717) is 23.6 Å². The Kier molecular flexibility index (Phi) is 4.56. The number of carbonyl (C=O) groups is 2. The fourth-order valence-corrected chi connectivity index (χ4v) is 3.00. The molecular formula is C19H15F2N5O2. The van der Waals surface area contributed by atoms with Crippen molar-refractivity contribution in [1.29, 1.82) is 0 Å². The molecule has 0 radical (unpaired) electrons. The van der Waals surface area contributed by atoms with E-state index in [0.717, 1.165) is 0 Å². The van der Waals surface area contributed by atoms with E-state index in [4.69, 9.17) is 0 Å². The van der Waals surface area contributed by atoms with Crippen molar-refractivity contribution in [2.75, 3.05) is 18.0 Å². The number of piperazine rings is 1. The lowest BCUT2D eigenvalue weighted by atomic mass is 10.2. The Balaban J connectivity index is 1.46. The van der Waals surface area contributed by atoms with E-state index in [1.54, 1.807) is 18.3 Å². The van der Waals surface area contributed by atoms with E-state index < -0.39 is 23.4 Å². The van der Waals surface area contributed by atoms with Gasteiger partial charge in [0, 0.05) is 18.8 Å². The van der Waals surface area contributed by atoms with Crippen LogP contribution in [0.4, 0.5) is 14.5 Å². The molecule has 0 aliphatic carbocycles. The molecule has 9 heteroatoms. The van der Waals surface area contributed by atoms with Crippen LogP contribution in [-0.4, -0.2) is 44.8 Å². The van der Waals surface area contributed by atoms with Crippen LogP contribution >= 0.6 is 0 Å². The Hall–Kier alpha value is -3.62. The highest BCUT2D eigenvalue weighted by Crippen LogP contribution is 2.19. The maximum Gasteiger partial charge on any atom is 0.316 e. The van der Waals surface area contributed by atoms with Crippen molar-refractivity contribution < 1.29 is 18.4 Å². The zero-order chi connectivity index (χ0) is 19.7. The van der Waals surface area contributed by atoms with Crippen LogP contribution in [-0.2, 0) is 16.1 Å². The van der Waals surface area contributed by atoms with Gasteiger partial charge in [0.2, 0.25) is 0 Å². The van der Waals surface area contributed by atoms with Gasteiger partial charge in [0.25, 0.3) is 0 Å². The minimum Gasteiger partial charge on any atom is -0.327 e. The van der Waals surface area contributed by atoms with Gasteiger partial charge in [-0.15, -0.1) is 5.10 Å². The standard InChI is InChI=1S/C19H15F2N5O2/c20-13-4-6-16(7-5-13)25-9-8-24(18(27)19(25)28)11-15-12-26(23-22-15)17-3-1-2-14(21)10-17/h1-7,10,12H,8-9,11H2. The van der Waals surface area contributed by atoms with Gasteiger partial charge in [-0.2, -0.15) is 0 Å². The first kappa shape index (κ1) is 17.8. The van der Waals surface area contributed by atoms with E-state index in [9.17, 15) is 18.4 Å². The van der Waals surface area contributed by atoms with E-state index in [1.807, 2.05) is 0 Å². The van der Waals surface area contributed by atoms with E-state index >= 15 is 0 Å². The van der Waals surface area contributed by atoms with Crippen molar-refractivity contribution in [3.8, 4) is 5.69 Å². The topological polar surface area (TPSA) is 71.3 Å². The molecule has 1 aliphatic rings. The lowest BCUT2D eigenvalue weighted by molar-refractivity contribution is -0.146. The van der Waals surface area contributed by atoms with Crippen molar-refractivity contribution in [3.05, 3.63) is 72.1 Å². The lowest BCUT2D eigenvalue weighted by Gasteiger charge is -2.33. The number of amides is 2. The Morgan fingerprint density at radius 3 is 2.43 bits per heavy atom. The van der Waals surface area contributed by atoms with Gasteiger partial charge < -0.3 is 9.80 Å². The summed E-state index contributed by atoms with van der Waals surface area (Å²) in [6.07, 6.45) is 1.58. The summed E-state index contributed by atoms with van der Waals surface area (Å²) in [5, 5.41) is 7.93. The number of nitrogens with zero attached hydrogens (tertiary/aromatic N) is 5. The molecule has 2 heterocycles. The summed E-state index contributed by atoms with van der Waals surface area (Å²) in [5.41, 5.74) is 1.44. The van der Waals surface area contributed by atoms with Crippen LogP contribution in [0.2, 0.25) is 0 Å². The summed E-state index contributed by atoms with van der Waals surface area (Å²) >= 11 is 0. The number of rotatable bonds is 4. The number of anilines is 1. The van der Waals surface area contributed by atoms with Gasteiger partial charge in [0.15, 0.2) is 0 Å². The summed E-state index contributed by atoms with van der Waals surface area (Å²) in [6.45, 7) is 0.695. The number of hydrogen-bond donors (Lipinski definition) is 0. The summed E-state index contributed by atoms with van der Waals surface area (Å²) < 4.78 is 27.8. The van der Waals surface area contributed by atoms with E-state index in [-0.39, 0.29) is 13.1 Å². The summed E-state index contributed by atoms with van der Waals surface area (Å²) in [7, 11) is 0. The molecule has 28 heavy (non-hydrogen) atoms. The van der Waals surface area contributed by atoms with Crippen LogP contribution in [0.1, 0.15) is 5.69 Å². The molecule has 0 spiro atoms. The van der Waals surface area contributed by atoms with Gasteiger partial charge >= 0.3 is 11.8 Å². The number of benzene rings is 2. The highest BCUT2D eigenvalue weighted by Gasteiger charge is 2.33. The molecule has 7 nitrogen and oxygen atoms in total. The molecule has 0 unspecified atom stereocenters. The highest BCUT2D eigenvalue weighted by molar-refractivity contribution is 6.40. The molecule has 142 valence electrons. The third kappa shape index (κ3) is 3.46. The maximum atomic E-state index is 13.3. The molecular weight excluding hydrogens is 368 g/mol. The first-order chi connectivity index (χ1) is 13.5. The Morgan fingerprint density at radius 1 is 0.893 bits per heavy atom. The molecule has 0 N–H and O–H groups in total. The zero-order valence-corrected chi connectivity index (χ0v) is 14.6. The minimum absolute atomic E-state index is 0.108. The highest BCUT2D eigenvalue weighted by atomic mass is 19.1. The number of halogens is 2. The molecule has 2 aromatic carbocycles. The molecule has 1 fully saturated rings. The molecule has 1 aliphatic heterocycles. The van der Waals surface area contributed by atoms with Crippen LogP contribution in [0, 0.1) is 11.6 Å². The molecule has 3 aromatic rings. The third-order valence-corrected chi connectivity index (χ3v) is 4.41. The summed E-state index contributed by atoms with van der Waals surface area (Å²) in [5.74, 6) is -2.17. The second kappa shape index (κ2) is 7.18. The first-order valence-electron chi connectivity index (χ1n) is 8.55. The van der Waals surface area contributed by atoms with Crippen LogP contribution in [0.5, 0.6) is 0 Å². The monoisotopic (exact) mass is 383 g/mol. The molecule has 0 saturated carbocycles. The van der Waals surface area contributed by atoms with Crippen molar-refractivity contribution in [3.63, 3.8) is 0 Å². The third-order valence-electron chi connectivity index (χ3n) is 4.41. The average molecular weight is 383 g/mol. The number of hydrogen-bond acceptors (Lipinski definition) is 4. The van der Waals surface area contributed by atoms with Crippen molar-refractivity contribution in [2.24, 2.45) is 0 Å². The van der Waals surface area contributed by atoms with E-state index in [1.165, 1.54) is 50.9 Å². The second-order valence-corrected chi connectivity index (χ2v) is 6.29. The van der Waals surface area contributed by atoms with Gasteiger partial charge in [-0.25, -0.2) is 13.5 Å². The fourth-order valence-electron chi connectivity index (χ4n) is 3.00. The molecule has 1 aromatic heterocycles. The molecule has 0 bridgehead atoms. The Labute approximate surface area is 158 Å². The SMILES string of the molecule is O=C1C(=O)N(c2ccc(F)cc2)CCN1Cc1cn(-c2cccc(F)c2)nn1. The normalized spacial score (nSPS) is 14.6. The molecule has 4 rings (SSSR count). The molecule has 0 atom stereocenters. The maximum absolute atomic E-state index is 13.3. The average Bonchev–Trinajstić information content (AvgIpc) is 3.15. The van der Waals surface area contributed by atoms with Crippen molar-refractivity contribution in [1.82, 2.24) is 19.9 Å². The fraction of sp³-hybridized carbons (Fsp3) is 0.158. The zero-order valence-electron chi connectivity index (χ0n) is 14.6. The smallest absolute Gasteiger partial charge is 0.316 e. The molecule has 1 saturated heterocycles. The predicted octanol–water partition coefficient (Wildman–Crippen LogP) is 1.92. The number of aromatic nitrogens is 3. The second-order valence-electron chi connectivity index (χ2n) is 6.29. The first-order valence-corrected chi connectivity index (χ1v) is 8.55. The van der Waals surface area contributed by atoms with Crippen LogP contribution in [0.25, 0.3) is 5.69 Å². The van der Waals surface area contributed by atoms with Crippen LogP contribution in [0.3, 0.4) is 0 Å². The van der Waals surface area contributed by atoms with Gasteiger partial charge in [-0.05, 0) is 42.5 Å².